The first-order chi connectivity index (χ1) is 9.61. The number of para-hydroxylation sites is 1. The van der Waals surface area contributed by atoms with Crippen molar-refractivity contribution in [2.24, 2.45) is 5.73 Å². The van der Waals surface area contributed by atoms with Crippen LogP contribution in [0.5, 0.6) is 0 Å². The minimum atomic E-state index is -0.189. The molecule has 0 unspecified atom stereocenters. The van der Waals surface area contributed by atoms with Gasteiger partial charge in [0.05, 0.1) is 5.69 Å². The molecule has 106 valence electrons. The molecule has 0 spiro atoms. The van der Waals surface area contributed by atoms with Crippen LogP contribution in [0.3, 0.4) is 0 Å². The summed E-state index contributed by atoms with van der Waals surface area (Å²) >= 11 is 0. The average Bonchev–Trinajstić information content (AvgIpc) is 2.39. The first kappa shape index (κ1) is 14.5. The third-order valence-electron chi connectivity index (χ3n) is 3.37. The molecule has 0 aromatic heterocycles. The van der Waals surface area contributed by atoms with E-state index in [0.717, 1.165) is 5.56 Å². The number of aryl methyl sites for hydroxylation is 1. The molecule has 2 N–H and O–H groups in total. The van der Waals surface area contributed by atoms with E-state index in [-0.39, 0.29) is 5.82 Å². The van der Waals surface area contributed by atoms with Crippen molar-refractivity contribution in [3.63, 3.8) is 0 Å². The van der Waals surface area contributed by atoms with Gasteiger partial charge in [-0.15, -0.1) is 0 Å². The third-order valence-corrected chi connectivity index (χ3v) is 3.37. The van der Waals surface area contributed by atoms with Crippen LogP contribution in [0.1, 0.15) is 16.7 Å². The minimum absolute atomic E-state index is 0.189. The summed E-state index contributed by atoms with van der Waals surface area (Å²) < 4.78 is 14.1. The highest BCUT2D eigenvalue weighted by atomic mass is 19.1. The molecule has 0 aliphatic heterocycles. The molecular formula is C17H21FN2. The van der Waals surface area contributed by atoms with E-state index in [4.69, 9.17) is 5.73 Å². The summed E-state index contributed by atoms with van der Waals surface area (Å²) in [5.74, 6) is -0.189. The second-order valence-electron chi connectivity index (χ2n) is 5.13. The molecule has 0 saturated carbocycles. The first-order valence-electron chi connectivity index (χ1n) is 6.86. The summed E-state index contributed by atoms with van der Waals surface area (Å²) in [6, 6.07) is 13.5. The predicted octanol–water partition coefficient (Wildman–Crippen LogP) is 3.27. The van der Waals surface area contributed by atoms with Gasteiger partial charge in [-0.1, -0.05) is 42.0 Å². The molecule has 2 aromatic rings. The van der Waals surface area contributed by atoms with Crippen LogP contribution in [0.2, 0.25) is 0 Å². The van der Waals surface area contributed by atoms with Crippen molar-refractivity contribution in [2.45, 2.75) is 19.9 Å². The largest absolute Gasteiger partial charge is 0.368 e. The zero-order valence-corrected chi connectivity index (χ0v) is 12.1. The Bertz CT molecular complexity index is 581. The Morgan fingerprint density at radius 1 is 1.15 bits per heavy atom. The molecule has 0 aliphatic carbocycles. The van der Waals surface area contributed by atoms with E-state index in [9.17, 15) is 4.39 Å². The van der Waals surface area contributed by atoms with Crippen molar-refractivity contribution in [3.8, 4) is 0 Å². The van der Waals surface area contributed by atoms with Gasteiger partial charge in [0.1, 0.15) is 5.82 Å². The van der Waals surface area contributed by atoms with E-state index in [0.29, 0.717) is 25.2 Å². The standard InChI is InChI=1S/C17H21FN2/c1-13-5-3-6-14(11-13)12-20(2)17-15(9-10-19)7-4-8-16(17)18/h3-8,11H,9-10,12,19H2,1-2H3. The number of hydrogen-bond acceptors (Lipinski definition) is 2. The van der Waals surface area contributed by atoms with Crippen LogP contribution in [0.4, 0.5) is 10.1 Å². The van der Waals surface area contributed by atoms with Gasteiger partial charge in [-0.2, -0.15) is 0 Å². The van der Waals surface area contributed by atoms with Gasteiger partial charge in [0.25, 0.3) is 0 Å². The van der Waals surface area contributed by atoms with Crippen LogP contribution in [0.15, 0.2) is 42.5 Å². The van der Waals surface area contributed by atoms with Crippen LogP contribution in [0, 0.1) is 12.7 Å². The molecule has 3 heteroatoms. The van der Waals surface area contributed by atoms with Gasteiger partial charge in [-0.3, -0.25) is 0 Å². The Kier molecular flexibility index (Phi) is 4.74. The van der Waals surface area contributed by atoms with Crippen molar-refractivity contribution in [1.29, 1.82) is 0 Å². The van der Waals surface area contributed by atoms with Gasteiger partial charge >= 0.3 is 0 Å². The lowest BCUT2D eigenvalue weighted by Gasteiger charge is -2.23. The molecule has 0 atom stereocenters. The first-order valence-corrected chi connectivity index (χ1v) is 6.86. The monoisotopic (exact) mass is 272 g/mol. The van der Waals surface area contributed by atoms with Gasteiger partial charge in [-0.05, 0) is 37.1 Å². The number of rotatable bonds is 5. The molecule has 20 heavy (non-hydrogen) atoms. The van der Waals surface area contributed by atoms with Gasteiger partial charge in [0.15, 0.2) is 0 Å². The lowest BCUT2D eigenvalue weighted by Crippen LogP contribution is -2.20. The second kappa shape index (κ2) is 6.53. The molecule has 0 radical (unpaired) electrons. The number of nitrogens with two attached hydrogens (primary N) is 1. The molecular weight excluding hydrogens is 251 g/mol. The van der Waals surface area contributed by atoms with E-state index in [1.54, 1.807) is 6.07 Å². The lowest BCUT2D eigenvalue weighted by molar-refractivity contribution is 0.619. The maximum atomic E-state index is 14.1. The van der Waals surface area contributed by atoms with E-state index in [2.05, 4.69) is 25.1 Å². The van der Waals surface area contributed by atoms with Crippen LogP contribution < -0.4 is 10.6 Å². The highest BCUT2D eigenvalue weighted by Gasteiger charge is 2.12. The van der Waals surface area contributed by atoms with E-state index < -0.39 is 0 Å². The Hall–Kier alpha value is -1.87. The molecule has 0 bridgehead atoms. The van der Waals surface area contributed by atoms with Crippen molar-refractivity contribution < 1.29 is 4.39 Å². The smallest absolute Gasteiger partial charge is 0.146 e. The summed E-state index contributed by atoms with van der Waals surface area (Å²) in [6.45, 7) is 3.27. The summed E-state index contributed by atoms with van der Waals surface area (Å²) in [6.07, 6.45) is 0.686. The summed E-state index contributed by atoms with van der Waals surface area (Å²) in [5, 5.41) is 0. The van der Waals surface area contributed by atoms with Crippen molar-refractivity contribution in [2.75, 3.05) is 18.5 Å². The normalized spacial score (nSPS) is 10.6. The number of benzene rings is 2. The summed E-state index contributed by atoms with van der Waals surface area (Å²) in [4.78, 5) is 1.95. The fourth-order valence-electron chi connectivity index (χ4n) is 2.51. The molecule has 0 aliphatic rings. The van der Waals surface area contributed by atoms with Crippen molar-refractivity contribution >= 4 is 5.69 Å². The van der Waals surface area contributed by atoms with Crippen LogP contribution >= 0.6 is 0 Å². The maximum absolute atomic E-state index is 14.1. The average molecular weight is 272 g/mol. The Balaban J connectivity index is 2.26. The van der Waals surface area contributed by atoms with Gasteiger partial charge in [-0.25, -0.2) is 4.39 Å². The van der Waals surface area contributed by atoms with Gasteiger partial charge in [0, 0.05) is 13.6 Å². The highest BCUT2D eigenvalue weighted by Crippen LogP contribution is 2.25. The molecule has 2 rings (SSSR count). The summed E-state index contributed by atoms with van der Waals surface area (Å²) in [5.41, 5.74) is 9.61. The zero-order valence-electron chi connectivity index (χ0n) is 12.1. The Morgan fingerprint density at radius 3 is 2.60 bits per heavy atom. The molecule has 2 nitrogen and oxygen atoms in total. The highest BCUT2D eigenvalue weighted by molar-refractivity contribution is 5.55. The molecule has 0 saturated heterocycles. The zero-order chi connectivity index (χ0) is 14.5. The number of hydrogen-bond donors (Lipinski definition) is 1. The van der Waals surface area contributed by atoms with Crippen molar-refractivity contribution in [3.05, 3.63) is 65.0 Å². The van der Waals surface area contributed by atoms with E-state index in [1.807, 2.05) is 24.1 Å². The summed E-state index contributed by atoms with van der Waals surface area (Å²) in [7, 11) is 1.92. The van der Waals surface area contributed by atoms with E-state index >= 15 is 0 Å². The quantitative estimate of drug-likeness (QED) is 0.905. The lowest BCUT2D eigenvalue weighted by atomic mass is 10.1. The Morgan fingerprint density at radius 2 is 1.90 bits per heavy atom. The molecule has 2 aromatic carbocycles. The molecule has 0 fully saturated rings. The number of nitrogens with zero attached hydrogens (tertiary/aromatic N) is 1. The predicted molar refractivity (Wildman–Crippen MR) is 82.4 cm³/mol. The SMILES string of the molecule is Cc1cccc(CN(C)c2c(F)cccc2CCN)c1. The number of halogens is 1. The van der Waals surface area contributed by atoms with Crippen LogP contribution in [-0.2, 0) is 13.0 Å². The third kappa shape index (κ3) is 3.36. The topological polar surface area (TPSA) is 29.3 Å². The van der Waals surface area contributed by atoms with Crippen LogP contribution in [-0.4, -0.2) is 13.6 Å². The van der Waals surface area contributed by atoms with Crippen molar-refractivity contribution in [1.82, 2.24) is 0 Å². The minimum Gasteiger partial charge on any atom is -0.368 e. The Labute approximate surface area is 120 Å². The number of anilines is 1. The fraction of sp³-hybridized carbons (Fsp3) is 0.294. The second-order valence-corrected chi connectivity index (χ2v) is 5.13. The van der Waals surface area contributed by atoms with Gasteiger partial charge < -0.3 is 10.6 Å². The molecule has 0 heterocycles. The molecule has 0 amide bonds. The maximum Gasteiger partial charge on any atom is 0.146 e. The van der Waals surface area contributed by atoms with Crippen LogP contribution in [0.25, 0.3) is 0 Å². The van der Waals surface area contributed by atoms with Gasteiger partial charge in [0.2, 0.25) is 0 Å². The fourth-order valence-corrected chi connectivity index (χ4v) is 2.51. The van der Waals surface area contributed by atoms with E-state index in [1.165, 1.54) is 17.2 Å².